The van der Waals surface area contributed by atoms with Gasteiger partial charge in [-0.05, 0) is 44.4 Å². The van der Waals surface area contributed by atoms with Gasteiger partial charge in [-0.2, -0.15) is 0 Å². The number of aromatic hydroxyl groups is 1. The molecule has 0 amide bonds. The molecular weight excluding hydrogens is 188 g/mol. The molecule has 0 fully saturated rings. The predicted molar refractivity (Wildman–Crippen MR) is 62.5 cm³/mol. The monoisotopic (exact) mass is 206 g/mol. The summed E-state index contributed by atoms with van der Waals surface area (Å²) in [6.45, 7) is 7.77. The van der Waals surface area contributed by atoms with E-state index in [-0.39, 0.29) is 0 Å². The SMILES string of the molecule is C=C(C)CCc1c(O)cc(C)cc1OC. The number of phenols is 1. The van der Waals surface area contributed by atoms with Crippen LogP contribution >= 0.6 is 0 Å². The molecule has 1 aromatic rings. The van der Waals surface area contributed by atoms with Gasteiger partial charge in [-0.3, -0.25) is 0 Å². The summed E-state index contributed by atoms with van der Waals surface area (Å²) in [7, 11) is 1.62. The molecule has 0 radical (unpaired) electrons. The highest BCUT2D eigenvalue weighted by Gasteiger charge is 2.09. The Hall–Kier alpha value is -1.44. The lowest BCUT2D eigenvalue weighted by molar-refractivity contribution is 0.399. The third-order valence-electron chi connectivity index (χ3n) is 2.35. The topological polar surface area (TPSA) is 29.5 Å². The number of benzene rings is 1. The van der Waals surface area contributed by atoms with Crippen molar-refractivity contribution in [2.45, 2.75) is 26.7 Å². The summed E-state index contributed by atoms with van der Waals surface area (Å²) in [6, 6.07) is 3.70. The second-order valence-corrected chi connectivity index (χ2v) is 3.92. The van der Waals surface area contributed by atoms with Gasteiger partial charge in [0.1, 0.15) is 11.5 Å². The van der Waals surface area contributed by atoms with Crippen molar-refractivity contribution in [2.24, 2.45) is 0 Å². The Labute approximate surface area is 91.2 Å². The maximum atomic E-state index is 9.81. The first-order valence-corrected chi connectivity index (χ1v) is 5.05. The lowest BCUT2D eigenvalue weighted by Crippen LogP contribution is -1.94. The van der Waals surface area contributed by atoms with E-state index in [4.69, 9.17) is 4.74 Å². The molecule has 0 unspecified atom stereocenters. The van der Waals surface area contributed by atoms with Gasteiger partial charge in [0.25, 0.3) is 0 Å². The van der Waals surface area contributed by atoms with Crippen LogP contribution in [0, 0.1) is 6.92 Å². The summed E-state index contributed by atoms with van der Waals surface area (Å²) >= 11 is 0. The second-order valence-electron chi connectivity index (χ2n) is 3.92. The summed E-state index contributed by atoms with van der Waals surface area (Å²) in [5.74, 6) is 1.07. The van der Waals surface area contributed by atoms with Gasteiger partial charge in [-0.25, -0.2) is 0 Å². The van der Waals surface area contributed by atoms with Crippen LogP contribution in [0.4, 0.5) is 0 Å². The van der Waals surface area contributed by atoms with Gasteiger partial charge in [0.2, 0.25) is 0 Å². The fraction of sp³-hybridized carbons (Fsp3) is 0.385. The fourth-order valence-corrected chi connectivity index (χ4v) is 1.54. The molecular formula is C13H18O2. The Morgan fingerprint density at radius 1 is 1.47 bits per heavy atom. The van der Waals surface area contributed by atoms with E-state index in [1.165, 1.54) is 0 Å². The predicted octanol–water partition coefficient (Wildman–Crippen LogP) is 3.22. The summed E-state index contributed by atoms with van der Waals surface area (Å²) in [5, 5.41) is 9.81. The van der Waals surface area contributed by atoms with E-state index in [1.54, 1.807) is 13.2 Å². The van der Waals surface area contributed by atoms with Crippen LogP contribution in [0.1, 0.15) is 24.5 Å². The molecule has 0 aliphatic carbocycles. The third-order valence-corrected chi connectivity index (χ3v) is 2.35. The van der Waals surface area contributed by atoms with E-state index in [9.17, 15) is 5.11 Å². The smallest absolute Gasteiger partial charge is 0.126 e. The van der Waals surface area contributed by atoms with E-state index in [1.807, 2.05) is 19.9 Å². The maximum Gasteiger partial charge on any atom is 0.126 e. The molecule has 0 aromatic heterocycles. The number of allylic oxidation sites excluding steroid dienone is 1. The largest absolute Gasteiger partial charge is 0.508 e. The van der Waals surface area contributed by atoms with Gasteiger partial charge in [-0.15, -0.1) is 6.58 Å². The van der Waals surface area contributed by atoms with E-state index in [0.717, 1.165) is 35.3 Å². The van der Waals surface area contributed by atoms with Gasteiger partial charge in [0, 0.05) is 5.56 Å². The van der Waals surface area contributed by atoms with Crippen LogP contribution < -0.4 is 4.74 Å². The van der Waals surface area contributed by atoms with Crippen molar-refractivity contribution >= 4 is 0 Å². The Bertz CT molecular complexity index is 367. The number of hydrogen-bond donors (Lipinski definition) is 1. The molecule has 1 rings (SSSR count). The van der Waals surface area contributed by atoms with Crippen molar-refractivity contribution in [3.8, 4) is 11.5 Å². The molecule has 0 bridgehead atoms. The highest BCUT2D eigenvalue weighted by Crippen LogP contribution is 2.31. The number of hydrogen-bond acceptors (Lipinski definition) is 2. The Morgan fingerprint density at radius 3 is 2.67 bits per heavy atom. The molecule has 0 heterocycles. The molecule has 15 heavy (non-hydrogen) atoms. The van der Waals surface area contributed by atoms with Crippen molar-refractivity contribution in [1.82, 2.24) is 0 Å². The molecule has 2 nitrogen and oxygen atoms in total. The van der Waals surface area contributed by atoms with Gasteiger partial charge < -0.3 is 9.84 Å². The van der Waals surface area contributed by atoms with Crippen LogP contribution in [0.5, 0.6) is 11.5 Å². The fourth-order valence-electron chi connectivity index (χ4n) is 1.54. The van der Waals surface area contributed by atoms with Crippen LogP contribution in [0.25, 0.3) is 0 Å². The number of methoxy groups -OCH3 is 1. The Balaban J connectivity index is 2.98. The first kappa shape index (κ1) is 11.6. The number of rotatable bonds is 4. The molecule has 0 saturated heterocycles. The zero-order valence-electron chi connectivity index (χ0n) is 9.63. The molecule has 82 valence electrons. The van der Waals surface area contributed by atoms with E-state index in [2.05, 4.69) is 6.58 Å². The third kappa shape index (κ3) is 3.01. The van der Waals surface area contributed by atoms with Crippen LogP contribution in [-0.4, -0.2) is 12.2 Å². The van der Waals surface area contributed by atoms with E-state index >= 15 is 0 Å². The maximum absolute atomic E-state index is 9.81. The minimum atomic E-state index is 0.313. The van der Waals surface area contributed by atoms with Gasteiger partial charge >= 0.3 is 0 Å². The zero-order chi connectivity index (χ0) is 11.4. The first-order valence-electron chi connectivity index (χ1n) is 5.05. The standard InChI is InChI=1S/C13H18O2/c1-9(2)5-6-11-12(14)7-10(3)8-13(11)15-4/h7-8,14H,1,5-6H2,2-4H3. The van der Waals surface area contributed by atoms with Crippen molar-refractivity contribution in [2.75, 3.05) is 7.11 Å². The Kier molecular flexibility index (Phi) is 3.78. The average Bonchev–Trinajstić information content (AvgIpc) is 2.14. The van der Waals surface area contributed by atoms with Crippen LogP contribution in [0.15, 0.2) is 24.3 Å². The summed E-state index contributed by atoms with van der Waals surface area (Å²) in [6.07, 6.45) is 1.64. The minimum absolute atomic E-state index is 0.313. The van der Waals surface area contributed by atoms with Gasteiger partial charge in [-0.1, -0.05) is 5.57 Å². The quantitative estimate of drug-likeness (QED) is 0.766. The molecule has 0 aliphatic rings. The lowest BCUT2D eigenvalue weighted by Gasteiger charge is -2.11. The number of aryl methyl sites for hydroxylation is 1. The van der Waals surface area contributed by atoms with Gasteiger partial charge in [0.05, 0.1) is 7.11 Å². The summed E-state index contributed by atoms with van der Waals surface area (Å²) in [5.41, 5.74) is 2.98. The van der Waals surface area contributed by atoms with E-state index < -0.39 is 0 Å². The van der Waals surface area contributed by atoms with Crippen molar-refractivity contribution in [1.29, 1.82) is 0 Å². The zero-order valence-corrected chi connectivity index (χ0v) is 9.63. The van der Waals surface area contributed by atoms with Crippen molar-refractivity contribution < 1.29 is 9.84 Å². The molecule has 0 aliphatic heterocycles. The molecule has 1 aromatic carbocycles. The molecule has 2 heteroatoms. The summed E-state index contributed by atoms with van der Waals surface area (Å²) in [4.78, 5) is 0. The summed E-state index contributed by atoms with van der Waals surface area (Å²) < 4.78 is 5.25. The van der Waals surface area contributed by atoms with Crippen LogP contribution in [0.2, 0.25) is 0 Å². The minimum Gasteiger partial charge on any atom is -0.508 e. The number of phenolic OH excluding ortho intramolecular Hbond substituents is 1. The highest BCUT2D eigenvalue weighted by atomic mass is 16.5. The average molecular weight is 206 g/mol. The van der Waals surface area contributed by atoms with E-state index in [0.29, 0.717) is 5.75 Å². The molecule has 0 atom stereocenters. The van der Waals surface area contributed by atoms with Crippen LogP contribution in [0.3, 0.4) is 0 Å². The van der Waals surface area contributed by atoms with Crippen molar-refractivity contribution in [3.63, 3.8) is 0 Å². The molecule has 1 N–H and O–H groups in total. The second kappa shape index (κ2) is 4.87. The first-order chi connectivity index (χ1) is 7.04. The molecule has 0 spiro atoms. The Morgan fingerprint density at radius 2 is 2.13 bits per heavy atom. The van der Waals surface area contributed by atoms with Crippen molar-refractivity contribution in [3.05, 3.63) is 35.4 Å². The molecule has 0 saturated carbocycles. The van der Waals surface area contributed by atoms with Crippen LogP contribution in [-0.2, 0) is 6.42 Å². The highest BCUT2D eigenvalue weighted by molar-refractivity contribution is 5.47. The normalized spacial score (nSPS) is 10.1. The lowest BCUT2D eigenvalue weighted by atomic mass is 10.0. The van der Waals surface area contributed by atoms with Gasteiger partial charge in [0.15, 0.2) is 0 Å². The number of ether oxygens (including phenoxy) is 1.